The zero-order chi connectivity index (χ0) is 21.5. The van der Waals surface area contributed by atoms with E-state index in [0.29, 0.717) is 29.1 Å². The SMILES string of the molecule is CC(=O)OC[C@]1(C)C[C@@H]1C(=O)Nc1cc2cc(-c3cnccc3C)nc(N)c2cn1. The minimum Gasteiger partial charge on any atom is -0.465 e. The van der Waals surface area contributed by atoms with Crippen LogP contribution in [0, 0.1) is 18.3 Å². The summed E-state index contributed by atoms with van der Waals surface area (Å²) < 4.78 is 5.07. The van der Waals surface area contributed by atoms with Gasteiger partial charge in [0.1, 0.15) is 11.6 Å². The highest BCUT2D eigenvalue weighted by Gasteiger charge is 2.55. The number of pyridine rings is 3. The minimum atomic E-state index is -0.343. The monoisotopic (exact) mass is 405 g/mol. The van der Waals surface area contributed by atoms with Crippen LogP contribution >= 0.6 is 0 Å². The Morgan fingerprint density at radius 1 is 1.33 bits per heavy atom. The lowest BCUT2D eigenvalue weighted by atomic mass is 10.1. The highest BCUT2D eigenvalue weighted by Crippen LogP contribution is 2.52. The third kappa shape index (κ3) is 3.80. The van der Waals surface area contributed by atoms with E-state index in [2.05, 4.69) is 20.3 Å². The van der Waals surface area contributed by atoms with Gasteiger partial charge in [-0.15, -0.1) is 0 Å². The van der Waals surface area contributed by atoms with E-state index in [9.17, 15) is 9.59 Å². The lowest BCUT2D eigenvalue weighted by molar-refractivity contribution is -0.143. The van der Waals surface area contributed by atoms with E-state index in [0.717, 1.165) is 16.5 Å². The van der Waals surface area contributed by atoms with Crippen LogP contribution in [0.2, 0.25) is 0 Å². The molecular formula is C22H23N5O3. The number of nitrogens with one attached hydrogen (secondary N) is 1. The predicted molar refractivity (Wildman–Crippen MR) is 113 cm³/mol. The molecule has 154 valence electrons. The highest BCUT2D eigenvalue weighted by atomic mass is 16.5. The Labute approximate surface area is 173 Å². The first kappa shape index (κ1) is 19.8. The second-order valence-electron chi connectivity index (χ2n) is 8.05. The van der Waals surface area contributed by atoms with Crippen LogP contribution in [-0.2, 0) is 14.3 Å². The lowest BCUT2D eigenvalue weighted by Crippen LogP contribution is -2.21. The van der Waals surface area contributed by atoms with E-state index >= 15 is 0 Å². The smallest absolute Gasteiger partial charge is 0.302 e. The van der Waals surface area contributed by atoms with E-state index in [1.54, 1.807) is 24.7 Å². The number of anilines is 2. The minimum absolute atomic E-state index is 0.137. The lowest BCUT2D eigenvalue weighted by Gasteiger charge is -2.12. The maximum atomic E-state index is 12.6. The van der Waals surface area contributed by atoms with Gasteiger partial charge in [0.15, 0.2) is 0 Å². The summed E-state index contributed by atoms with van der Waals surface area (Å²) in [6, 6.07) is 5.61. The van der Waals surface area contributed by atoms with Gasteiger partial charge >= 0.3 is 5.97 Å². The number of carbonyl (C=O) groups is 2. The number of nitrogens with two attached hydrogens (primary N) is 1. The Balaban J connectivity index is 1.57. The van der Waals surface area contributed by atoms with Crippen molar-refractivity contribution in [1.29, 1.82) is 0 Å². The number of aryl methyl sites for hydroxylation is 1. The van der Waals surface area contributed by atoms with Gasteiger partial charge < -0.3 is 15.8 Å². The van der Waals surface area contributed by atoms with E-state index < -0.39 is 0 Å². The van der Waals surface area contributed by atoms with Crippen LogP contribution in [0.3, 0.4) is 0 Å². The van der Waals surface area contributed by atoms with Gasteiger partial charge in [0.05, 0.1) is 12.3 Å². The third-order valence-electron chi connectivity index (χ3n) is 5.58. The van der Waals surface area contributed by atoms with Gasteiger partial charge in [-0.1, -0.05) is 6.92 Å². The van der Waals surface area contributed by atoms with Crippen molar-refractivity contribution >= 4 is 34.3 Å². The average Bonchev–Trinajstić information content (AvgIpc) is 3.39. The molecule has 1 aliphatic carbocycles. The Bertz CT molecular complexity index is 1160. The summed E-state index contributed by atoms with van der Waals surface area (Å²) in [6.45, 7) is 5.52. The van der Waals surface area contributed by atoms with Gasteiger partial charge in [-0.2, -0.15) is 0 Å². The summed E-state index contributed by atoms with van der Waals surface area (Å²) >= 11 is 0. The Morgan fingerprint density at radius 3 is 2.87 bits per heavy atom. The first-order valence-corrected chi connectivity index (χ1v) is 9.68. The van der Waals surface area contributed by atoms with E-state index in [1.165, 1.54) is 6.92 Å². The standard InChI is InChI=1S/C22H23N5O3/c1-12-4-5-24-9-15(12)18-6-14-7-19(25-10-16(14)20(23)26-18)27-21(29)17-8-22(17,3)11-30-13(2)28/h4-7,9-10,17H,8,11H2,1-3H3,(H2,23,26)(H,25,27,29)/t17-,22+/m1/s1. The predicted octanol–water partition coefficient (Wildman–Crippen LogP) is 3.11. The summed E-state index contributed by atoms with van der Waals surface area (Å²) in [4.78, 5) is 36.6. The van der Waals surface area contributed by atoms with Crippen LogP contribution in [-0.4, -0.2) is 33.4 Å². The average molecular weight is 405 g/mol. The van der Waals surface area contributed by atoms with Crippen molar-refractivity contribution in [3.05, 3.63) is 42.4 Å². The fourth-order valence-electron chi connectivity index (χ4n) is 3.57. The molecule has 0 spiro atoms. The molecule has 4 rings (SSSR count). The molecule has 0 bridgehead atoms. The second kappa shape index (κ2) is 7.37. The van der Waals surface area contributed by atoms with Crippen LogP contribution in [0.4, 0.5) is 11.6 Å². The van der Waals surface area contributed by atoms with Crippen LogP contribution in [0.25, 0.3) is 22.0 Å². The molecule has 1 fully saturated rings. The number of hydrogen-bond acceptors (Lipinski definition) is 7. The zero-order valence-electron chi connectivity index (χ0n) is 17.1. The first-order chi connectivity index (χ1) is 14.3. The molecule has 1 saturated carbocycles. The molecule has 30 heavy (non-hydrogen) atoms. The zero-order valence-corrected chi connectivity index (χ0v) is 17.1. The number of carbonyl (C=O) groups excluding carboxylic acids is 2. The van der Waals surface area contributed by atoms with Gasteiger partial charge in [0, 0.05) is 47.8 Å². The number of rotatable bonds is 5. The van der Waals surface area contributed by atoms with Crippen molar-refractivity contribution in [2.45, 2.75) is 27.2 Å². The van der Waals surface area contributed by atoms with Crippen molar-refractivity contribution in [1.82, 2.24) is 15.0 Å². The van der Waals surface area contributed by atoms with Gasteiger partial charge in [0.2, 0.25) is 5.91 Å². The number of hydrogen-bond donors (Lipinski definition) is 2. The van der Waals surface area contributed by atoms with E-state index in [-0.39, 0.29) is 29.8 Å². The molecule has 0 saturated heterocycles. The molecule has 8 nitrogen and oxygen atoms in total. The number of ether oxygens (including phenoxy) is 1. The summed E-state index contributed by atoms with van der Waals surface area (Å²) in [7, 11) is 0. The Kier molecular flexibility index (Phi) is 4.85. The topological polar surface area (TPSA) is 120 Å². The van der Waals surface area contributed by atoms with E-state index in [4.69, 9.17) is 10.5 Å². The Morgan fingerprint density at radius 2 is 2.13 bits per heavy atom. The summed E-state index contributed by atoms with van der Waals surface area (Å²) in [5.41, 5.74) is 8.47. The summed E-state index contributed by atoms with van der Waals surface area (Å²) in [5.74, 6) is 0.109. The number of amides is 1. The largest absolute Gasteiger partial charge is 0.465 e. The van der Waals surface area contributed by atoms with Crippen molar-refractivity contribution in [2.75, 3.05) is 17.7 Å². The summed E-state index contributed by atoms with van der Waals surface area (Å²) in [5, 5.41) is 4.40. The normalized spacial score (nSPS) is 20.0. The van der Waals surface area contributed by atoms with Gasteiger partial charge in [0.25, 0.3) is 0 Å². The molecule has 3 aromatic heterocycles. The number of fused-ring (bicyclic) bond motifs is 1. The molecule has 2 atom stereocenters. The Hall–Kier alpha value is -3.55. The van der Waals surface area contributed by atoms with Crippen LogP contribution in [0.1, 0.15) is 25.8 Å². The third-order valence-corrected chi connectivity index (χ3v) is 5.58. The number of aromatic nitrogens is 3. The molecular weight excluding hydrogens is 382 g/mol. The van der Waals surface area contributed by atoms with Crippen LogP contribution in [0.5, 0.6) is 0 Å². The quantitative estimate of drug-likeness (QED) is 0.626. The molecule has 0 aromatic carbocycles. The fourth-order valence-corrected chi connectivity index (χ4v) is 3.57. The van der Waals surface area contributed by atoms with Crippen LogP contribution in [0.15, 0.2) is 36.8 Å². The number of nitrogens with zero attached hydrogens (tertiary/aromatic N) is 3. The highest BCUT2D eigenvalue weighted by molar-refractivity contribution is 5.98. The molecule has 0 radical (unpaired) electrons. The second-order valence-corrected chi connectivity index (χ2v) is 8.05. The maximum absolute atomic E-state index is 12.6. The van der Waals surface area contributed by atoms with Crippen molar-refractivity contribution in [2.24, 2.45) is 11.3 Å². The van der Waals surface area contributed by atoms with Gasteiger partial charge in [-0.05, 0) is 42.5 Å². The molecule has 3 heterocycles. The molecule has 0 unspecified atom stereocenters. The van der Waals surface area contributed by atoms with E-state index in [1.807, 2.05) is 26.0 Å². The molecule has 0 aliphatic heterocycles. The maximum Gasteiger partial charge on any atom is 0.302 e. The summed E-state index contributed by atoms with van der Waals surface area (Å²) in [6.07, 6.45) is 5.76. The molecule has 1 amide bonds. The molecule has 1 aliphatic rings. The molecule has 3 aromatic rings. The van der Waals surface area contributed by atoms with Crippen LogP contribution < -0.4 is 11.1 Å². The fraction of sp³-hybridized carbons (Fsp3) is 0.318. The van der Waals surface area contributed by atoms with Gasteiger partial charge in [-0.25, -0.2) is 9.97 Å². The van der Waals surface area contributed by atoms with Crippen molar-refractivity contribution in [3.63, 3.8) is 0 Å². The number of nitrogen functional groups attached to an aromatic ring is 1. The molecule has 8 heteroatoms. The first-order valence-electron chi connectivity index (χ1n) is 9.68. The van der Waals surface area contributed by atoms with Crippen molar-refractivity contribution in [3.8, 4) is 11.3 Å². The van der Waals surface area contributed by atoms with Gasteiger partial charge in [-0.3, -0.25) is 14.6 Å². The van der Waals surface area contributed by atoms with Crippen molar-refractivity contribution < 1.29 is 14.3 Å². The molecule has 3 N–H and O–H groups in total. The number of esters is 1.